The summed E-state index contributed by atoms with van der Waals surface area (Å²) in [5, 5.41) is 3.67. The Balaban J connectivity index is 0.975. The first-order valence-electron chi connectivity index (χ1n) is 25.4. The van der Waals surface area contributed by atoms with Crippen LogP contribution < -0.4 is 5.32 Å². The van der Waals surface area contributed by atoms with Gasteiger partial charge in [0.2, 0.25) is 11.8 Å². The second kappa shape index (κ2) is 15.1. The van der Waals surface area contributed by atoms with Crippen molar-refractivity contribution in [3.63, 3.8) is 0 Å². The van der Waals surface area contributed by atoms with Crippen LogP contribution in [-0.4, -0.2) is 59.5 Å². The molecule has 8 nitrogen and oxygen atoms in total. The van der Waals surface area contributed by atoms with Crippen LogP contribution in [0.3, 0.4) is 0 Å². The molecule has 1 saturated heterocycles. The maximum atomic E-state index is 15.1. The van der Waals surface area contributed by atoms with Crippen LogP contribution in [-0.2, 0) is 28.7 Å². The molecular formula is C54H86N2O6. The molecule has 0 spiro atoms. The van der Waals surface area contributed by atoms with Crippen LogP contribution in [0.1, 0.15) is 186 Å². The van der Waals surface area contributed by atoms with Gasteiger partial charge in [0.25, 0.3) is 0 Å². The van der Waals surface area contributed by atoms with Crippen molar-refractivity contribution in [2.45, 2.75) is 204 Å². The van der Waals surface area contributed by atoms with Crippen LogP contribution in [0.25, 0.3) is 0 Å². The molecule has 2 amide bonds. The predicted octanol–water partition coefficient (Wildman–Crippen LogP) is 11.1. The molecule has 0 aromatic carbocycles. The first kappa shape index (κ1) is 46.2. The van der Waals surface area contributed by atoms with E-state index in [1.54, 1.807) is 0 Å². The molecule has 8 aliphatic rings. The molecule has 0 aromatic rings. The first-order chi connectivity index (χ1) is 28.7. The van der Waals surface area contributed by atoms with Gasteiger partial charge in [-0.05, 0) is 181 Å². The van der Waals surface area contributed by atoms with Crippen LogP contribution in [0, 0.1) is 85.2 Å². The molecule has 348 valence electrons. The van der Waals surface area contributed by atoms with Gasteiger partial charge in [-0.1, -0.05) is 74.5 Å². The van der Waals surface area contributed by atoms with Crippen molar-refractivity contribution >= 4 is 23.8 Å². The van der Waals surface area contributed by atoms with Crippen molar-refractivity contribution in [3.05, 3.63) is 12.2 Å². The Hall–Kier alpha value is -2.38. The van der Waals surface area contributed by atoms with Crippen LogP contribution in [0.4, 0.5) is 0 Å². The molecule has 1 unspecified atom stereocenters. The fourth-order valence-corrected chi connectivity index (χ4v) is 17.3. The van der Waals surface area contributed by atoms with E-state index in [1.807, 2.05) is 34.6 Å². The lowest BCUT2D eigenvalue weighted by Crippen LogP contribution is -2.68. The fraction of sp³-hybridized carbons (Fsp3) is 0.889. The Kier molecular flexibility index (Phi) is 11.2. The summed E-state index contributed by atoms with van der Waals surface area (Å²) in [6.45, 7) is 35.3. The zero-order chi connectivity index (χ0) is 45.4. The van der Waals surface area contributed by atoms with Crippen molar-refractivity contribution in [2.75, 3.05) is 13.1 Å². The van der Waals surface area contributed by atoms with Gasteiger partial charge < -0.3 is 19.7 Å². The van der Waals surface area contributed by atoms with Gasteiger partial charge in [-0.25, -0.2) is 0 Å². The van der Waals surface area contributed by atoms with E-state index in [4.69, 9.17) is 9.47 Å². The Morgan fingerprint density at radius 3 is 1.94 bits per heavy atom. The summed E-state index contributed by atoms with van der Waals surface area (Å²) in [5.74, 6) is 1.66. The average molecular weight is 859 g/mol. The van der Waals surface area contributed by atoms with E-state index in [0.29, 0.717) is 36.0 Å². The Labute approximate surface area is 376 Å². The largest absolute Gasteiger partial charge is 0.462 e. The summed E-state index contributed by atoms with van der Waals surface area (Å²) >= 11 is 0. The number of hydrogen-bond acceptors (Lipinski definition) is 6. The molecule has 8 heteroatoms. The number of carbonyl (C=O) groups excluding carboxylic acids is 4. The molecule has 8 rings (SSSR count). The summed E-state index contributed by atoms with van der Waals surface area (Å²) in [6.07, 6.45) is 15.0. The molecule has 1 heterocycles. The SMILES string of the molecule is C=C(C)[C@@H]1CC[C@]2(C(=O)N[C@@H]3CC(C(=O)N4CCCCC4)C3(C)C)CC[C@]3(C)[C@H](CC[C@@H]4[C@@]5(C)CC[C@H](OC(=O)[C@@H]6C[C@H](C(=O)OC(C)(C)C)C6(C)C)C(C)(C)[C@@H]5CC[C@]43C)[C@@H]12. The minimum atomic E-state index is -0.556. The van der Waals surface area contributed by atoms with Crippen molar-refractivity contribution in [1.82, 2.24) is 10.2 Å². The van der Waals surface area contributed by atoms with Crippen LogP contribution in [0.15, 0.2) is 12.2 Å². The van der Waals surface area contributed by atoms with Crippen LogP contribution in [0.2, 0.25) is 0 Å². The number of ether oxygens (including phenoxy) is 2. The van der Waals surface area contributed by atoms with Gasteiger partial charge in [-0.15, -0.1) is 0 Å². The monoisotopic (exact) mass is 859 g/mol. The zero-order valence-corrected chi connectivity index (χ0v) is 41.4. The summed E-state index contributed by atoms with van der Waals surface area (Å²) in [7, 11) is 0. The normalized spacial score (nSPS) is 45.0. The Bertz CT molecular complexity index is 1840. The number of nitrogens with one attached hydrogen (secondary N) is 1. The standard InChI is InChI=1S/C54H86N2O6/c1-32(2)33-20-25-54(46(60)55-40-31-35(49(40,8)9)43(57)56-28-16-15-17-29-56)27-26-52(13)34(42(33)54)18-19-39-51(12)23-22-41(50(10,11)38(51)21-24-53(39,52)14)61-44(58)36-30-37(48(36,6)7)45(59)62-47(3,4)5/h33-42H,1,15-31H2,2-14H3,(H,55,60)/t33-,34+,35?,36-,37+,38-,39+,40+,41-,42+,51-,52+,53+,54-/m0/s1. The highest BCUT2D eigenvalue weighted by molar-refractivity contribution is 5.86. The maximum Gasteiger partial charge on any atom is 0.310 e. The van der Waals surface area contributed by atoms with E-state index in [9.17, 15) is 14.4 Å². The Morgan fingerprint density at radius 2 is 1.32 bits per heavy atom. The van der Waals surface area contributed by atoms with E-state index in [2.05, 4.69) is 72.2 Å². The zero-order valence-electron chi connectivity index (χ0n) is 41.4. The molecule has 8 fully saturated rings. The number of allylic oxidation sites excluding steroid dienone is 1. The van der Waals surface area contributed by atoms with Crippen molar-refractivity contribution in [3.8, 4) is 0 Å². The van der Waals surface area contributed by atoms with Gasteiger partial charge in [-0.2, -0.15) is 0 Å². The second-order valence-electron chi connectivity index (χ2n) is 26.3. The smallest absolute Gasteiger partial charge is 0.310 e. The summed E-state index contributed by atoms with van der Waals surface area (Å²) in [5.41, 5.74) is -0.271. The predicted molar refractivity (Wildman–Crippen MR) is 244 cm³/mol. The van der Waals surface area contributed by atoms with E-state index in [0.717, 1.165) is 90.1 Å². The average Bonchev–Trinajstić information content (AvgIpc) is 3.58. The number of fused-ring (bicyclic) bond motifs is 7. The second-order valence-corrected chi connectivity index (χ2v) is 26.3. The lowest BCUT2D eigenvalue weighted by Gasteiger charge is -2.73. The third-order valence-electron chi connectivity index (χ3n) is 21.5. The summed E-state index contributed by atoms with van der Waals surface area (Å²) < 4.78 is 12.3. The molecule has 0 radical (unpaired) electrons. The van der Waals surface area contributed by atoms with Gasteiger partial charge in [0, 0.05) is 30.5 Å². The molecule has 14 atom stereocenters. The van der Waals surface area contributed by atoms with E-state index in [-0.39, 0.29) is 86.2 Å². The number of rotatable bonds is 7. The number of nitrogens with zero attached hydrogens (tertiary/aromatic N) is 1. The van der Waals surface area contributed by atoms with Gasteiger partial charge in [0.1, 0.15) is 11.7 Å². The number of likely N-dealkylation sites (tertiary alicyclic amines) is 1. The van der Waals surface area contributed by atoms with Crippen molar-refractivity contribution < 1.29 is 28.7 Å². The Morgan fingerprint density at radius 1 is 0.661 bits per heavy atom. The van der Waals surface area contributed by atoms with Crippen molar-refractivity contribution in [1.29, 1.82) is 0 Å². The fourth-order valence-electron chi connectivity index (χ4n) is 17.3. The molecule has 1 N–H and O–H groups in total. The molecular weight excluding hydrogens is 773 g/mol. The molecule has 0 bridgehead atoms. The molecule has 7 saturated carbocycles. The molecule has 62 heavy (non-hydrogen) atoms. The minimum Gasteiger partial charge on any atom is -0.462 e. The van der Waals surface area contributed by atoms with Gasteiger partial charge >= 0.3 is 11.9 Å². The van der Waals surface area contributed by atoms with E-state index in [1.165, 1.54) is 18.4 Å². The van der Waals surface area contributed by atoms with E-state index < -0.39 is 11.0 Å². The first-order valence-corrected chi connectivity index (χ1v) is 25.4. The van der Waals surface area contributed by atoms with Gasteiger partial charge in [0.05, 0.1) is 17.3 Å². The topological polar surface area (TPSA) is 102 Å². The lowest BCUT2D eigenvalue weighted by molar-refractivity contribution is -0.251. The number of hydrogen-bond donors (Lipinski definition) is 1. The lowest BCUT2D eigenvalue weighted by atomic mass is 9.32. The van der Waals surface area contributed by atoms with Crippen molar-refractivity contribution in [2.24, 2.45) is 85.2 Å². The highest BCUT2D eigenvalue weighted by Crippen LogP contribution is 2.78. The number of carbonyl (C=O) groups is 4. The number of piperidine rings is 1. The van der Waals surface area contributed by atoms with E-state index >= 15 is 4.79 Å². The number of amides is 2. The maximum absolute atomic E-state index is 15.1. The summed E-state index contributed by atoms with van der Waals surface area (Å²) in [4.78, 5) is 57.9. The van der Waals surface area contributed by atoms with Crippen LogP contribution >= 0.6 is 0 Å². The van der Waals surface area contributed by atoms with Gasteiger partial charge in [-0.3, -0.25) is 19.2 Å². The third-order valence-corrected chi connectivity index (χ3v) is 21.5. The highest BCUT2D eigenvalue weighted by Gasteiger charge is 2.72. The number of esters is 2. The van der Waals surface area contributed by atoms with Crippen LogP contribution in [0.5, 0.6) is 0 Å². The summed E-state index contributed by atoms with van der Waals surface area (Å²) in [6, 6.07) is 0.0246. The van der Waals surface area contributed by atoms with Gasteiger partial charge in [0.15, 0.2) is 0 Å². The quantitative estimate of drug-likeness (QED) is 0.202. The third kappa shape index (κ3) is 6.73. The molecule has 7 aliphatic carbocycles. The minimum absolute atomic E-state index is 0.0205. The molecule has 0 aromatic heterocycles. The molecule has 1 aliphatic heterocycles. The highest BCUT2D eigenvalue weighted by atomic mass is 16.6.